The summed E-state index contributed by atoms with van der Waals surface area (Å²) in [5.74, 6) is -0.0965. The molecule has 8 heteroatoms. The molecule has 0 saturated heterocycles. The van der Waals surface area contributed by atoms with Crippen molar-refractivity contribution in [1.29, 1.82) is 0 Å². The van der Waals surface area contributed by atoms with Gasteiger partial charge in [-0.3, -0.25) is 4.98 Å². The lowest BCUT2D eigenvalue weighted by Gasteiger charge is -2.05. The topological polar surface area (TPSA) is 35.0 Å². The molecule has 0 aliphatic carbocycles. The van der Waals surface area contributed by atoms with Gasteiger partial charge in [0.1, 0.15) is 17.3 Å². The molecule has 3 rings (SSSR count). The Bertz CT molecular complexity index is 859. The maximum atomic E-state index is 13.5. The molecular weight excluding hydrogens is 344 g/mol. The summed E-state index contributed by atoms with van der Waals surface area (Å²) in [5.41, 5.74) is 0.402. The molecule has 0 unspecified atom stereocenters. The predicted octanol–water partition coefficient (Wildman–Crippen LogP) is 5.46. The molecule has 3 aromatic rings. The van der Waals surface area contributed by atoms with Gasteiger partial charge >= 0.3 is 6.18 Å². The zero-order valence-corrected chi connectivity index (χ0v) is 13.1. The molecule has 0 bridgehead atoms. The fourth-order valence-electron chi connectivity index (χ4n) is 1.89. The molecule has 2 heterocycles. The molecule has 0 amide bonds. The van der Waals surface area contributed by atoms with Gasteiger partial charge in [0.2, 0.25) is 0 Å². The zero-order valence-electron chi connectivity index (χ0n) is 12.3. The van der Waals surface area contributed by atoms with Gasteiger partial charge in [-0.25, -0.2) is 9.37 Å². The quantitative estimate of drug-likeness (QED) is 0.586. The average molecular weight is 354 g/mol. The van der Waals surface area contributed by atoms with Gasteiger partial charge in [0.05, 0.1) is 5.69 Å². The van der Waals surface area contributed by atoms with Crippen molar-refractivity contribution in [2.45, 2.75) is 13.1 Å². The number of aryl methyl sites for hydroxylation is 1. The number of halogens is 4. The average Bonchev–Trinajstić information content (AvgIpc) is 2.99. The molecule has 0 N–H and O–H groups in total. The highest BCUT2D eigenvalue weighted by molar-refractivity contribution is 7.11. The van der Waals surface area contributed by atoms with Crippen molar-refractivity contribution in [3.8, 4) is 22.2 Å². The summed E-state index contributed by atoms with van der Waals surface area (Å²) < 4.78 is 56.5. The third-order valence-corrected chi connectivity index (χ3v) is 3.90. The molecular formula is C16H10F4N2OS. The van der Waals surface area contributed by atoms with Gasteiger partial charge in [0.15, 0.2) is 0 Å². The molecule has 0 radical (unpaired) electrons. The van der Waals surface area contributed by atoms with E-state index in [9.17, 15) is 17.6 Å². The zero-order chi connectivity index (χ0) is 17.3. The van der Waals surface area contributed by atoms with Gasteiger partial charge in [-0.15, -0.1) is 0 Å². The number of hydrogen-bond acceptors (Lipinski definition) is 4. The second-order valence-corrected chi connectivity index (χ2v) is 5.76. The van der Waals surface area contributed by atoms with Gasteiger partial charge in [-0.1, -0.05) is 17.4 Å². The Balaban J connectivity index is 1.79. The normalized spacial score (nSPS) is 11.5. The number of benzene rings is 1. The van der Waals surface area contributed by atoms with Gasteiger partial charge < -0.3 is 4.74 Å². The SMILES string of the molecule is Cc1ccc(Oc2nc(-c3ccc(C(F)(F)F)nc3)cs2)cc1F. The van der Waals surface area contributed by atoms with Gasteiger partial charge in [0.25, 0.3) is 5.19 Å². The Morgan fingerprint density at radius 1 is 1.12 bits per heavy atom. The van der Waals surface area contributed by atoms with Crippen molar-refractivity contribution in [3.63, 3.8) is 0 Å². The van der Waals surface area contributed by atoms with Crippen LogP contribution in [0.15, 0.2) is 41.9 Å². The van der Waals surface area contributed by atoms with Gasteiger partial charge in [0, 0.05) is 23.2 Å². The number of nitrogens with zero attached hydrogens (tertiary/aromatic N) is 2. The Morgan fingerprint density at radius 3 is 2.54 bits per heavy atom. The van der Waals surface area contributed by atoms with E-state index in [1.165, 1.54) is 12.1 Å². The highest BCUT2D eigenvalue weighted by atomic mass is 32.1. The molecule has 1 aromatic carbocycles. The lowest BCUT2D eigenvalue weighted by Crippen LogP contribution is -2.07. The second kappa shape index (κ2) is 6.20. The fraction of sp³-hybridized carbons (Fsp3) is 0.125. The van der Waals surface area contributed by atoms with Crippen LogP contribution in [0.25, 0.3) is 11.3 Å². The summed E-state index contributed by atoms with van der Waals surface area (Å²) >= 11 is 1.15. The molecule has 0 aliphatic heterocycles. The minimum Gasteiger partial charge on any atom is -0.431 e. The number of aromatic nitrogens is 2. The predicted molar refractivity (Wildman–Crippen MR) is 81.6 cm³/mol. The molecule has 0 spiro atoms. The van der Waals surface area contributed by atoms with Crippen LogP contribution in [-0.4, -0.2) is 9.97 Å². The van der Waals surface area contributed by atoms with Gasteiger partial charge in [-0.2, -0.15) is 13.2 Å². The second-order valence-electron chi connectivity index (χ2n) is 4.94. The summed E-state index contributed by atoms with van der Waals surface area (Å²) in [7, 11) is 0. The van der Waals surface area contributed by atoms with Crippen molar-refractivity contribution < 1.29 is 22.3 Å². The summed E-state index contributed by atoms with van der Waals surface area (Å²) in [6.07, 6.45) is -3.38. The number of thiazole rings is 1. The van der Waals surface area contributed by atoms with Crippen molar-refractivity contribution in [1.82, 2.24) is 9.97 Å². The van der Waals surface area contributed by atoms with Crippen molar-refractivity contribution in [2.24, 2.45) is 0 Å². The monoisotopic (exact) mass is 354 g/mol. The third kappa shape index (κ3) is 3.53. The van der Waals surface area contributed by atoms with E-state index in [2.05, 4.69) is 9.97 Å². The number of pyridine rings is 1. The summed E-state index contributed by atoms with van der Waals surface area (Å²) in [6, 6.07) is 6.62. The van der Waals surface area contributed by atoms with Crippen LogP contribution in [0, 0.1) is 12.7 Å². The van der Waals surface area contributed by atoms with Crippen LogP contribution in [0.1, 0.15) is 11.3 Å². The first-order valence-corrected chi connectivity index (χ1v) is 7.64. The van der Waals surface area contributed by atoms with E-state index in [1.54, 1.807) is 24.4 Å². The molecule has 0 atom stereocenters. The molecule has 0 saturated carbocycles. The van der Waals surface area contributed by atoms with Crippen LogP contribution in [0.4, 0.5) is 17.6 Å². The Hall–Kier alpha value is -2.48. The van der Waals surface area contributed by atoms with E-state index in [4.69, 9.17) is 4.74 Å². The smallest absolute Gasteiger partial charge is 0.431 e. The van der Waals surface area contributed by atoms with Gasteiger partial charge in [-0.05, 0) is 30.7 Å². The highest BCUT2D eigenvalue weighted by Gasteiger charge is 2.32. The third-order valence-electron chi connectivity index (χ3n) is 3.18. The van der Waals surface area contributed by atoms with Crippen LogP contribution >= 0.6 is 11.3 Å². The molecule has 0 fully saturated rings. The highest BCUT2D eigenvalue weighted by Crippen LogP contribution is 2.32. The van der Waals surface area contributed by atoms with Crippen LogP contribution in [0.3, 0.4) is 0 Å². The number of hydrogen-bond donors (Lipinski definition) is 0. The molecule has 3 nitrogen and oxygen atoms in total. The van der Waals surface area contributed by atoms with E-state index in [1.807, 2.05) is 0 Å². The Kier molecular flexibility index (Phi) is 4.23. The fourth-order valence-corrected chi connectivity index (χ4v) is 2.58. The number of rotatable bonds is 3. The lowest BCUT2D eigenvalue weighted by atomic mass is 10.2. The van der Waals surface area contributed by atoms with Crippen molar-refractivity contribution in [2.75, 3.05) is 0 Å². The van der Waals surface area contributed by atoms with E-state index < -0.39 is 17.7 Å². The first-order chi connectivity index (χ1) is 11.3. The maximum absolute atomic E-state index is 13.5. The van der Waals surface area contributed by atoms with Crippen molar-refractivity contribution in [3.05, 3.63) is 59.0 Å². The van der Waals surface area contributed by atoms with E-state index >= 15 is 0 Å². The van der Waals surface area contributed by atoms with E-state index in [0.717, 1.165) is 23.6 Å². The van der Waals surface area contributed by atoms with Crippen LogP contribution in [0.5, 0.6) is 10.9 Å². The molecule has 2 aromatic heterocycles. The number of alkyl halides is 3. The minimum absolute atomic E-state index is 0.258. The minimum atomic E-state index is -4.48. The Morgan fingerprint density at radius 2 is 1.92 bits per heavy atom. The van der Waals surface area contributed by atoms with Crippen LogP contribution in [0.2, 0.25) is 0 Å². The molecule has 124 valence electrons. The summed E-state index contributed by atoms with van der Waals surface area (Å²) in [5, 5.41) is 1.89. The largest absolute Gasteiger partial charge is 0.433 e. The van der Waals surface area contributed by atoms with Crippen molar-refractivity contribution >= 4 is 11.3 Å². The molecule has 24 heavy (non-hydrogen) atoms. The summed E-state index contributed by atoms with van der Waals surface area (Å²) in [4.78, 5) is 7.56. The van der Waals surface area contributed by atoms with Crippen LogP contribution in [-0.2, 0) is 6.18 Å². The number of ether oxygens (including phenoxy) is 1. The maximum Gasteiger partial charge on any atom is 0.433 e. The van der Waals surface area contributed by atoms with Crippen LogP contribution < -0.4 is 4.74 Å². The lowest BCUT2D eigenvalue weighted by molar-refractivity contribution is -0.141. The first kappa shape index (κ1) is 16.4. The van der Waals surface area contributed by atoms with E-state index in [-0.39, 0.29) is 5.19 Å². The first-order valence-electron chi connectivity index (χ1n) is 6.76. The molecule has 0 aliphatic rings. The Labute approximate surface area is 138 Å². The standard InChI is InChI=1S/C16H10F4N2OS/c1-9-2-4-11(6-12(9)17)23-15-22-13(8-24-15)10-3-5-14(21-7-10)16(18,19)20/h2-8H,1H3. The summed E-state index contributed by atoms with van der Waals surface area (Å²) in [6.45, 7) is 1.64. The van der Waals surface area contributed by atoms with E-state index in [0.29, 0.717) is 22.6 Å².